The second-order valence-corrected chi connectivity index (χ2v) is 7.69. The quantitative estimate of drug-likeness (QED) is 0.612. The fourth-order valence-electron chi connectivity index (χ4n) is 3.98. The van der Waals surface area contributed by atoms with E-state index in [1.165, 1.54) is 0 Å². The third-order valence-electron chi connectivity index (χ3n) is 5.49. The summed E-state index contributed by atoms with van der Waals surface area (Å²) in [5, 5.41) is 5.70. The van der Waals surface area contributed by atoms with Gasteiger partial charge in [0.2, 0.25) is 11.8 Å². The molecule has 31 heavy (non-hydrogen) atoms. The molecule has 1 aliphatic heterocycles. The van der Waals surface area contributed by atoms with Crippen LogP contribution in [0.2, 0.25) is 0 Å². The Kier molecular flexibility index (Phi) is 6.06. The van der Waals surface area contributed by atoms with E-state index in [4.69, 9.17) is 0 Å². The third kappa shape index (κ3) is 4.47. The number of para-hydroxylation sites is 2. The van der Waals surface area contributed by atoms with Crippen molar-refractivity contribution in [2.75, 3.05) is 29.9 Å². The summed E-state index contributed by atoms with van der Waals surface area (Å²) in [5.41, 5.74) is 3.31. The number of benzene rings is 2. The van der Waals surface area contributed by atoms with E-state index in [0.29, 0.717) is 31.9 Å². The Morgan fingerprint density at radius 3 is 2.32 bits per heavy atom. The molecule has 0 radical (unpaired) electrons. The maximum Gasteiger partial charge on any atom is 0.329 e. The smallest absolute Gasteiger partial charge is 0.329 e. The van der Waals surface area contributed by atoms with Crippen molar-refractivity contribution in [2.45, 2.75) is 32.9 Å². The lowest BCUT2D eigenvalue weighted by molar-refractivity contribution is -0.120. The average Bonchev–Trinajstić information content (AvgIpc) is 3.04. The molecule has 0 bridgehead atoms. The zero-order valence-corrected chi connectivity index (χ0v) is 17.6. The summed E-state index contributed by atoms with van der Waals surface area (Å²) in [6, 6.07) is 15.1. The van der Waals surface area contributed by atoms with Gasteiger partial charge in [-0.1, -0.05) is 19.1 Å². The van der Waals surface area contributed by atoms with E-state index in [0.717, 1.165) is 29.7 Å². The summed E-state index contributed by atoms with van der Waals surface area (Å²) >= 11 is 0. The van der Waals surface area contributed by atoms with Crippen LogP contribution in [0.15, 0.2) is 53.3 Å². The number of imidazole rings is 1. The number of hydrogen-bond donors (Lipinski definition) is 2. The van der Waals surface area contributed by atoms with Crippen molar-refractivity contribution < 1.29 is 9.59 Å². The fourth-order valence-corrected chi connectivity index (χ4v) is 3.98. The maximum atomic E-state index is 12.8. The molecule has 2 heterocycles. The minimum atomic E-state index is -0.149. The van der Waals surface area contributed by atoms with E-state index in [-0.39, 0.29) is 23.9 Å². The van der Waals surface area contributed by atoms with E-state index in [9.17, 15) is 14.4 Å². The van der Waals surface area contributed by atoms with E-state index in [2.05, 4.69) is 10.6 Å². The number of nitrogens with one attached hydrogen (secondary N) is 2. The molecule has 3 aromatic rings. The summed E-state index contributed by atoms with van der Waals surface area (Å²) in [6.07, 6.45) is 1.07. The van der Waals surface area contributed by atoms with E-state index in [1.54, 1.807) is 9.13 Å². The average molecular weight is 422 g/mol. The standard InChI is InChI=1S/C23H27N5O3/c1-2-13-27-19-5-3-4-6-20(19)28(23(27)31)14-11-21(29)25-17-7-9-18(10-8-17)26-15-12-24-22(30)16-26/h3-10H,2,11-16H2,1H3,(H,24,30)(H,25,29). The van der Waals surface area contributed by atoms with Crippen LogP contribution >= 0.6 is 0 Å². The van der Waals surface area contributed by atoms with Gasteiger partial charge in [-0.2, -0.15) is 0 Å². The Labute approximate surface area is 180 Å². The molecule has 2 N–H and O–H groups in total. The first-order chi connectivity index (χ1) is 15.1. The number of aromatic nitrogens is 2. The summed E-state index contributed by atoms with van der Waals surface area (Å²) < 4.78 is 3.45. The van der Waals surface area contributed by atoms with Gasteiger partial charge in [-0.25, -0.2) is 4.79 Å². The molecule has 0 atom stereocenters. The number of hydrogen-bond acceptors (Lipinski definition) is 4. The number of fused-ring (bicyclic) bond motifs is 1. The first kappa shape index (κ1) is 20.7. The molecule has 4 rings (SSSR count). The number of amides is 2. The number of aryl methyl sites for hydroxylation is 2. The molecule has 8 heteroatoms. The largest absolute Gasteiger partial charge is 0.360 e. The molecule has 0 spiro atoms. The molecule has 162 valence electrons. The van der Waals surface area contributed by atoms with Crippen LogP contribution < -0.4 is 21.2 Å². The van der Waals surface area contributed by atoms with Gasteiger partial charge in [-0.15, -0.1) is 0 Å². The van der Waals surface area contributed by atoms with Gasteiger partial charge in [0.25, 0.3) is 0 Å². The van der Waals surface area contributed by atoms with Crippen molar-refractivity contribution in [3.8, 4) is 0 Å². The molecule has 8 nitrogen and oxygen atoms in total. The second kappa shape index (κ2) is 9.07. The van der Waals surface area contributed by atoms with Gasteiger partial charge >= 0.3 is 5.69 Å². The summed E-state index contributed by atoms with van der Waals surface area (Å²) in [5.74, 6) is -0.136. The Hall–Kier alpha value is -3.55. The van der Waals surface area contributed by atoms with Crippen LogP contribution in [0.3, 0.4) is 0 Å². The SMILES string of the molecule is CCCn1c(=O)n(CCC(=O)Nc2ccc(N3CCNC(=O)C3)cc2)c2ccccc21. The number of carbonyl (C=O) groups is 2. The molecule has 0 unspecified atom stereocenters. The van der Waals surface area contributed by atoms with Crippen molar-refractivity contribution in [3.05, 3.63) is 59.0 Å². The highest BCUT2D eigenvalue weighted by Gasteiger charge is 2.17. The minimum absolute atomic E-state index is 0.0131. The molecule has 0 aliphatic carbocycles. The normalized spacial score (nSPS) is 14.0. The monoisotopic (exact) mass is 421 g/mol. The fraction of sp³-hybridized carbons (Fsp3) is 0.348. The van der Waals surface area contributed by atoms with Crippen LogP contribution in [-0.2, 0) is 22.7 Å². The van der Waals surface area contributed by atoms with Crippen molar-refractivity contribution in [2.24, 2.45) is 0 Å². The highest BCUT2D eigenvalue weighted by Crippen LogP contribution is 2.19. The first-order valence-corrected chi connectivity index (χ1v) is 10.7. The second-order valence-electron chi connectivity index (χ2n) is 7.69. The van der Waals surface area contributed by atoms with Gasteiger partial charge in [0, 0.05) is 44.0 Å². The van der Waals surface area contributed by atoms with Crippen LogP contribution in [0.5, 0.6) is 0 Å². The summed E-state index contributed by atoms with van der Waals surface area (Å²) in [7, 11) is 0. The zero-order chi connectivity index (χ0) is 21.8. The summed E-state index contributed by atoms with van der Waals surface area (Å²) in [6.45, 7) is 4.75. The molecule has 0 saturated carbocycles. The van der Waals surface area contributed by atoms with Gasteiger partial charge in [0.05, 0.1) is 17.6 Å². The van der Waals surface area contributed by atoms with Gasteiger partial charge in [0.1, 0.15) is 0 Å². The molecule has 1 aromatic heterocycles. The highest BCUT2D eigenvalue weighted by molar-refractivity contribution is 5.91. The Morgan fingerprint density at radius 2 is 1.68 bits per heavy atom. The number of carbonyl (C=O) groups excluding carboxylic acids is 2. The number of piperazine rings is 1. The van der Waals surface area contributed by atoms with Crippen LogP contribution in [-0.4, -0.2) is 40.6 Å². The number of anilines is 2. The Bertz CT molecular complexity index is 1150. The third-order valence-corrected chi connectivity index (χ3v) is 5.49. The van der Waals surface area contributed by atoms with Gasteiger partial charge in [-0.05, 0) is 42.8 Å². The van der Waals surface area contributed by atoms with Gasteiger partial charge < -0.3 is 15.5 Å². The Balaban J connectivity index is 1.40. The van der Waals surface area contributed by atoms with Gasteiger partial charge in [0.15, 0.2) is 0 Å². The molecule has 2 aromatic carbocycles. The van der Waals surface area contributed by atoms with Crippen LogP contribution in [0.1, 0.15) is 19.8 Å². The Morgan fingerprint density at radius 1 is 1.00 bits per heavy atom. The molecular formula is C23H27N5O3. The van der Waals surface area contributed by atoms with Crippen molar-refractivity contribution in [3.63, 3.8) is 0 Å². The highest BCUT2D eigenvalue weighted by atomic mass is 16.2. The molecule has 2 amide bonds. The predicted molar refractivity (Wildman–Crippen MR) is 121 cm³/mol. The van der Waals surface area contributed by atoms with Crippen LogP contribution in [0.4, 0.5) is 11.4 Å². The summed E-state index contributed by atoms with van der Waals surface area (Å²) in [4.78, 5) is 38.9. The first-order valence-electron chi connectivity index (χ1n) is 10.7. The van der Waals surface area contributed by atoms with Crippen molar-refractivity contribution >= 4 is 34.2 Å². The lowest BCUT2D eigenvalue weighted by Crippen LogP contribution is -2.47. The van der Waals surface area contributed by atoms with E-state index in [1.807, 2.05) is 60.4 Å². The minimum Gasteiger partial charge on any atom is -0.360 e. The topological polar surface area (TPSA) is 88.4 Å². The van der Waals surface area contributed by atoms with Crippen LogP contribution in [0.25, 0.3) is 11.0 Å². The molecule has 1 fully saturated rings. The van der Waals surface area contributed by atoms with Gasteiger partial charge in [-0.3, -0.25) is 18.7 Å². The molecule has 1 saturated heterocycles. The van der Waals surface area contributed by atoms with Crippen molar-refractivity contribution in [1.82, 2.24) is 14.5 Å². The molecular weight excluding hydrogens is 394 g/mol. The van der Waals surface area contributed by atoms with Crippen molar-refractivity contribution in [1.29, 1.82) is 0 Å². The van der Waals surface area contributed by atoms with E-state index >= 15 is 0 Å². The van der Waals surface area contributed by atoms with E-state index < -0.39 is 0 Å². The lowest BCUT2D eigenvalue weighted by Gasteiger charge is -2.28. The lowest BCUT2D eigenvalue weighted by atomic mass is 10.2. The van der Waals surface area contributed by atoms with Crippen LogP contribution in [0, 0.1) is 0 Å². The number of nitrogens with zero attached hydrogens (tertiary/aromatic N) is 3. The zero-order valence-electron chi connectivity index (χ0n) is 17.6. The number of rotatable bonds is 7. The predicted octanol–water partition coefficient (Wildman–Crippen LogP) is 2.18. The molecule has 1 aliphatic rings. The maximum absolute atomic E-state index is 12.8.